The largest absolute Gasteiger partial charge is 0.462 e. The summed E-state index contributed by atoms with van der Waals surface area (Å²) in [5, 5.41) is 12.7. The van der Waals surface area contributed by atoms with Crippen LogP contribution in [0.15, 0.2) is 64.9 Å². The van der Waals surface area contributed by atoms with Crippen LogP contribution in [0.3, 0.4) is 0 Å². The van der Waals surface area contributed by atoms with Crippen molar-refractivity contribution < 1.29 is 22.7 Å². The van der Waals surface area contributed by atoms with E-state index in [-0.39, 0.29) is 23.8 Å². The van der Waals surface area contributed by atoms with Gasteiger partial charge in [0.05, 0.1) is 12.2 Å². The molecule has 3 N–H and O–H groups in total. The quantitative estimate of drug-likeness (QED) is 0.229. The van der Waals surface area contributed by atoms with Crippen LogP contribution in [0, 0.1) is 11.3 Å². The topological polar surface area (TPSA) is 100 Å². The van der Waals surface area contributed by atoms with Gasteiger partial charge in [-0.15, -0.1) is 0 Å². The zero-order valence-electron chi connectivity index (χ0n) is 15.6. The SMILES string of the molecule is CCOC(=O)C(C#N)=C(N=C(N)c1ccc(C(F)(F)F)cc1)Nc1ccc(Cl)cc1. The minimum Gasteiger partial charge on any atom is -0.462 e. The second kappa shape index (κ2) is 9.80. The predicted octanol–water partition coefficient (Wildman–Crippen LogP) is 4.47. The number of nitrogens with two attached hydrogens (primary N) is 1. The van der Waals surface area contributed by atoms with Gasteiger partial charge in [0.2, 0.25) is 0 Å². The molecule has 0 spiro atoms. The van der Waals surface area contributed by atoms with Crippen LogP contribution in [0.2, 0.25) is 5.02 Å². The summed E-state index contributed by atoms with van der Waals surface area (Å²) in [5.41, 5.74) is 5.21. The number of alkyl halides is 3. The Morgan fingerprint density at radius 1 is 1.20 bits per heavy atom. The second-order valence-electron chi connectivity index (χ2n) is 5.76. The third kappa shape index (κ3) is 5.99. The number of carbonyl (C=O) groups excluding carboxylic acids is 1. The fourth-order valence-corrected chi connectivity index (χ4v) is 2.36. The number of ether oxygens (including phenoxy) is 1. The number of aliphatic imine (C=N–C) groups is 1. The molecule has 0 fully saturated rings. The molecule has 2 rings (SSSR count). The van der Waals surface area contributed by atoms with Gasteiger partial charge < -0.3 is 15.8 Å². The summed E-state index contributed by atoms with van der Waals surface area (Å²) in [6.45, 7) is 1.59. The lowest BCUT2D eigenvalue weighted by molar-refractivity contribution is -0.138. The number of nitrogens with zero attached hydrogens (tertiary/aromatic N) is 2. The Bertz CT molecular complexity index is 1010. The second-order valence-corrected chi connectivity index (χ2v) is 6.20. The number of carbonyl (C=O) groups is 1. The Hall–Kier alpha value is -3.51. The molecule has 2 aromatic rings. The van der Waals surface area contributed by atoms with Crippen LogP contribution in [0.4, 0.5) is 18.9 Å². The van der Waals surface area contributed by atoms with Crippen molar-refractivity contribution >= 4 is 29.1 Å². The van der Waals surface area contributed by atoms with E-state index >= 15 is 0 Å². The predicted molar refractivity (Wildman–Crippen MR) is 107 cm³/mol. The Morgan fingerprint density at radius 2 is 1.80 bits per heavy atom. The average Bonchev–Trinajstić information content (AvgIpc) is 2.69. The summed E-state index contributed by atoms with van der Waals surface area (Å²) in [6.07, 6.45) is -4.50. The fraction of sp³-hybridized carbons (Fsp3) is 0.150. The number of nitriles is 1. The van der Waals surface area contributed by atoms with Gasteiger partial charge in [-0.1, -0.05) is 23.7 Å². The fourth-order valence-electron chi connectivity index (χ4n) is 2.23. The third-order valence-corrected chi connectivity index (χ3v) is 3.93. The van der Waals surface area contributed by atoms with Crippen molar-refractivity contribution in [3.05, 3.63) is 76.1 Å². The number of halogens is 4. The van der Waals surface area contributed by atoms with E-state index in [0.29, 0.717) is 10.7 Å². The molecule has 0 radical (unpaired) electrons. The molecule has 0 aliphatic rings. The van der Waals surface area contributed by atoms with Crippen LogP contribution in [0.1, 0.15) is 18.1 Å². The Labute approximate surface area is 175 Å². The lowest BCUT2D eigenvalue weighted by Gasteiger charge is -2.11. The van der Waals surface area contributed by atoms with E-state index in [0.717, 1.165) is 24.3 Å². The molecule has 0 heterocycles. The highest BCUT2D eigenvalue weighted by atomic mass is 35.5. The molecule has 156 valence electrons. The molecule has 30 heavy (non-hydrogen) atoms. The van der Waals surface area contributed by atoms with Crippen molar-refractivity contribution in [2.45, 2.75) is 13.1 Å². The van der Waals surface area contributed by atoms with Crippen molar-refractivity contribution in [1.29, 1.82) is 5.26 Å². The minimum absolute atomic E-state index is 0.0241. The van der Waals surface area contributed by atoms with Gasteiger partial charge in [0.15, 0.2) is 11.4 Å². The van der Waals surface area contributed by atoms with Crippen molar-refractivity contribution in [3.63, 3.8) is 0 Å². The molecule has 0 bridgehead atoms. The zero-order valence-corrected chi connectivity index (χ0v) is 16.4. The lowest BCUT2D eigenvalue weighted by Crippen LogP contribution is -2.18. The number of esters is 1. The van der Waals surface area contributed by atoms with Crippen LogP contribution in [-0.2, 0) is 15.7 Å². The molecule has 0 atom stereocenters. The van der Waals surface area contributed by atoms with Gasteiger partial charge in [0, 0.05) is 16.3 Å². The summed E-state index contributed by atoms with van der Waals surface area (Å²) >= 11 is 5.85. The van der Waals surface area contributed by atoms with E-state index in [1.807, 2.05) is 0 Å². The molecule has 0 unspecified atom stereocenters. The van der Waals surface area contributed by atoms with Crippen LogP contribution in [-0.4, -0.2) is 18.4 Å². The van der Waals surface area contributed by atoms with Gasteiger partial charge in [0.1, 0.15) is 11.9 Å². The molecule has 0 saturated carbocycles. The minimum atomic E-state index is -4.50. The summed E-state index contributed by atoms with van der Waals surface area (Å²) < 4.78 is 43.1. The van der Waals surface area contributed by atoms with E-state index in [9.17, 15) is 23.2 Å². The van der Waals surface area contributed by atoms with E-state index < -0.39 is 23.3 Å². The molecule has 2 aromatic carbocycles. The maximum Gasteiger partial charge on any atom is 0.416 e. The summed E-state index contributed by atoms with van der Waals surface area (Å²) in [7, 11) is 0. The molecule has 0 aromatic heterocycles. The standard InChI is InChI=1S/C20H16ClF3N4O2/c1-2-30-19(29)16(11-25)18(27-15-9-7-14(21)8-10-15)28-17(26)12-3-5-13(6-4-12)20(22,23)24/h3-10,27H,2H2,1H3,(H2,26,28). The van der Waals surface area contributed by atoms with Crippen LogP contribution >= 0.6 is 11.6 Å². The number of hydrogen-bond donors (Lipinski definition) is 2. The number of rotatable bonds is 6. The molecular formula is C20H16ClF3N4O2. The first kappa shape index (κ1) is 22.8. The molecular weight excluding hydrogens is 421 g/mol. The first-order chi connectivity index (χ1) is 14.2. The molecule has 0 aliphatic carbocycles. The van der Waals surface area contributed by atoms with E-state index in [1.165, 1.54) is 0 Å². The number of benzene rings is 2. The Balaban J connectivity index is 2.48. The van der Waals surface area contributed by atoms with Crippen molar-refractivity contribution in [3.8, 4) is 6.07 Å². The van der Waals surface area contributed by atoms with Crippen LogP contribution in [0.25, 0.3) is 0 Å². The van der Waals surface area contributed by atoms with E-state index in [1.54, 1.807) is 37.3 Å². The Morgan fingerprint density at radius 3 is 2.30 bits per heavy atom. The highest BCUT2D eigenvalue weighted by molar-refractivity contribution is 6.30. The van der Waals surface area contributed by atoms with Crippen molar-refractivity contribution in [2.75, 3.05) is 11.9 Å². The van der Waals surface area contributed by atoms with Crippen LogP contribution in [0.5, 0.6) is 0 Å². The highest BCUT2D eigenvalue weighted by Gasteiger charge is 2.30. The number of anilines is 1. The Kier molecular flexibility index (Phi) is 7.44. The normalized spacial score (nSPS) is 12.6. The monoisotopic (exact) mass is 436 g/mol. The number of nitrogens with one attached hydrogen (secondary N) is 1. The number of amidine groups is 1. The van der Waals surface area contributed by atoms with Gasteiger partial charge >= 0.3 is 12.1 Å². The van der Waals surface area contributed by atoms with E-state index in [4.69, 9.17) is 22.1 Å². The van der Waals surface area contributed by atoms with Crippen molar-refractivity contribution in [2.24, 2.45) is 10.7 Å². The molecule has 0 aliphatic heterocycles. The highest BCUT2D eigenvalue weighted by Crippen LogP contribution is 2.29. The first-order valence-corrected chi connectivity index (χ1v) is 8.89. The van der Waals surface area contributed by atoms with Gasteiger partial charge in [-0.3, -0.25) is 0 Å². The summed E-state index contributed by atoms with van der Waals surface area (Å²) in [6, 6.07) is 12.0. The zero-order chi connectivity index (χ0) is 22.3. The van der Waals surface area contributed by atoms with Crippen LogP contribution < -0.4 is 11.1 Å². The summed E-state index contributed by atoms with van der Waals surface area (Å²) in [4.78, 5) is 16.2. The van der Waals surface area contributed by atoms with Crippen molar-refractivity contribution in [1.82, 2.24) is 0 Å². The van der Waals surface area contributed by atoms with Gasteiger partial charge in [-0.25, -0.2) is 9.79 Å². The number of hydrogen-bond acceptors (Lipinski definition) is 5. The van der Waals surface area contributed by atoms with Gasteiger partial charge in [0.25, 0.3) is 0 Å². The molecule has 10 heteroatoms. The lowest BCUT2D eigenvalue weighted by atomic mass is 10.1. The van der Waals surface area contributed by atoms with E-state index in [2.05, 4.69) is 10.3 Å². The molecule has 0 amide bonds. The smallest absolute Gasteiger partial charge is 0.416 e. The first-order valence-electron chi connectivity index (χ1n) is 8.51. The molecule has 6 nitrogen and oxygen atoms in total. The third-order valence-electron chi connectivity index (χ3n) is 3.68. The maximum absolute atomic E-state index is 12.7. The molecule has 0 saturated heterocycles. The maximum atomic E-state index is 12.7. The van der Waals surface area contributed by atoms with Gasteiger partial charge in [-0.05, 0) is 43.3 Å². The van der Waals surface area contributed by atoms with Gasteiger partial charge in [-0.2, -0.15) is 18.4 Å². The summed E-state index contributed by atoms with van der Waals surface area (Å²) in [5.74, 6) is -1.37. The average molecular weight is 437 g/mol.